The topological polar surface area (TPSA) is 32.3 Å². The van der Waals surface area contributed by atoms with Gasteiger partial charge >= 0.3 is 0 Å². The number of likely N-dealkylation sites (N-methyl/N-ethyl adjacent to an activating group) is 2. The van der Waals surface area contributed by atoms with Crippen LogP contribution < -0.4 is 5.32 Å². The minimum absolute atomic E-state index is 0.0175. The van der Waals surface area contributed by atoms with Gasteiger partial charge < -0.3 is 5.32 Å². The van der Waals surface area contributed by atoms with Crippen molar-refractivity contribution >= 4 is 5.91 Å². The number of carbonyl (C=O) groups excluding carboxylic acids is 1. The van der Waals surface area contributed by atoms with Gasteiger partial charge in [-0.1, -0.05) is 29.8 Å². The van der Waals surface area contributed by atoms with E-state index in [9.17, 15) is 4.79 Å². The molecule has 1 N–H and O–H groups in total. The van der Waals surface area contributed by atoms with Crippen LogP contribution in [0.15, 0.2) is 24.3 Å². The third-order valence-electron chi connectivity index (χ3n) is 2.40. The Morgan fingerprint density at radius 3 is 2.20 bits per heavy atom. The van der Waals surface area contributed by atoms with Crippen molar-refractivity contribution in [1.82, 2.24) is 10.2 Å². The first kappa shape index (κ1) is 11.7. The number of benzene rings is 1. The highest BCUT2D eigenvalue weighted by Crippen LogP contribution is 2.18. The van der Waals surface area contributed by atoms with Gasteiger partial charge in [0.2, 0.25) is 5.91 Å². The largest absolute Gasteiger partial charge is 0.358 e. The van der Waals surface area contributed by atoms with E-state index in [1.165, 1.54) is 5.56 Å². The zero-order valence-corrected chi connectivity index (χ0v) is 9.74. The van der Waals surface area contributed by atoms with Crippen molar-refractivity contribution in [2.24, 2.45) is 0 Å². The number of amides is 1. The van der Waals surface area contributed by atoms with Crippen LogP contribution >= 0.6 is 0 Å². The van der Waals surface area contributed by atoms with Gasteiger partial charge in [-0.15, -0.1) is 0 Å². The molecular weight excluding hydrogens is 188 g/mol. The molecule has 1 aromatic rings. The predicted octanol–water partition coefficient (Wildman–Crippen LogP) is 1.34. The first-order valence-corrected chi connectivity index (χ1v) is 5.01. The second kappa shape index (κ2) is 4.94. The first-order valence-electron chi connectivity index (χ1n) is 5.01. The number of rotatable bonds is 3. The molecule has 0 aliphatic carbocycles. The molecule has 1 rings (SSSR count). The molecule has 0 spiro atoms. The molecule has 1 aromatic carbocycles. The normalized spacial score (nSPS) is 12.6. The summed E-state index contributed by atoms with van der Waals surface area (Å²) in [5, 5.41) is 2.68. The van der Waals surface area contributed by atoms with Gasteiger partial charge in [-0.05, 0) is 26.6 Å². The molecule has 0 aliphatic rings. The van der Waals surface area contributed by atoms with Gasteiger partial charge in [-0.25, -0.2) is 0 Å². The number of nitrogens with zero attached hydrogens (tertiary/aromatic N) is 1. The van der Waals surface area contributed by atoms with Crippen LogP contribution in [0.5, 0.6) is 0 Å². The Morgan fingerprint density at radius 2 is 1.80 bits per heavy atom. The Kier molecular flexibility index (Phi) is 3.86. The molecule has 15 heavy (non-hydrogen) atoms. The summed E-state index contributed by atoms with van der Waals surface area (Å²) in [5.74, 6) is 0.0175. The molecule has 0 radical (unpaired) electrons. The van der Waals surface area contributed by atoms with E-state index < -0.39 is 0 Å². The highest BCUT2D eigenvalue weighted by Gasteiger charge is 2.21. The molecule has 82 valence electrons. The van der Waals surface area contributed by atoms with Crippen LogP contribution in [0.25, 0.3) is 0 Å². The molecule has 0 heterocycles. The lowest BCUT2D eigenvalue weighted by Gasteiger charge is -2.23. The van der Waals surface area contributed by atoms with E-state index in [0.717, 1.165) is 5.56 Å². The first-order chi connectivity index (χ1) is 7.06. The minimum Gasteiger partial charge on any atom is -0.358 e. The SMILES string of the molecule is CNC(=O)C(c1ccc(C)cc1)N(C)C. The quantitative estimate of drug-likeness (QED) is 0.809. The summed E-state index contributed by atoms with van der Waals surface area (Å²) in [6, 6.07) is 7.82. The van der Waals surface area contributed by atoms with E-state index in [1.54, 1.807) is 7.05 Å². The molecule has 1 amide bonds. The summed E-state index contributed by atoms with van der Waals surface area (Å²) in [6.45, 7) is 2.04. The molecule has 0 aromatic heterocycles. The van der Waals surface area contributed by atoms with Gasteiger partial charge in [0.25, 0.3) is 0 Å². The molecule has 3 heteroatoms. The number of carbonyl (C=O) groups is 1. The molecule has 0 saturated carbocycles. The fraction of sp³-hybridized carbons (Fsp3) is 0.417. The summed E-state index contributed by atoms with van der Waals surface area (Å²) in [4.78, 5) is 13.6. The van der Waals surface area contributed by atoms with Gasteiger partial charge in [0, 0.05) is 7.05 Å². The predicted molar refractivity (Wildman–Crippen MR) is 61.7 cm³/mol. The van der Waals surface area contributed by atoms with Crippen LogP contribution in [0.4, 0.5) is 0 Å². The van der Waals surface area contributed by atoms with Gasteiger partial charge in [0.15, 0.2) is 0 Å². The van der Waals surface area contributed by atoms with Gasteiger partial charge in [0.05, 0.1) is 0 Å². The van der Waals surface area contributed by atoms with E-state index in [1.807, 2.05) is 50.2 Å². The summed E-state index contributed by atoms with van der Waals surface area (Å²) in [6.07, 6.45) is 0. The monoisotopic (exact) mass is 206 g/mol. The second-order valence-corrected chi connectivity index (χ2v) is 3.89. The molecule has 3 nitrogen and oxygen atoms in total. The number of aryl methyl sites for hydroxylation is 1. The average Bonchev–Trinajstić information content (AvgIpc) is 2.20. The van der Waals surface area contributed by atoms with Crippen molar-refractivity contribution in [3.05, 3.63) is 35.4 Å². The third-order valence-corrected chi connectivity index (χ3v) is 2.40. The van der Waals surface area contributed by atoms with Crippen LogP contribution in [0.1, 0.15) is 17.2 Å². The Labute approximate surface area is 91.1 Å². The maximum atomic E-state index is 11.7. The van der Waals surface area contributed by atoms with E-state index in [-0.39, 0.29) is 11.9 Å². The third kappa shape index (κ3) is 2.80. The van der Waals surface area contributed by atoms with Crippen LogP contribution in [0, 0.1) is 6.92 Å². The summed E-state index contributed by atoms with van der Waals surface area (Å²) < 4.78 is 0. The van der Waals surface area contributed by atoms with E-state index >= 15 is 0 Å². The van der Waals surface area contributed by atoms with Crippen molar-refractivity contribution in [2.75, 3.05) is 21.1 Å². The van der Waals surface area contributed by atoms with Crippen molar-refractivity contribution in [3.63, 3.8) is 0 Å². The fourth-order valence-electron chi connectivity index (χ4n) is 1.57. The Balaban J connectivity index is 2.99. The van der Waals surface area contributed by atoms with E-state index in [0.29, 0.717) is 0 Å². The average molecular weight is 206 g/mol. The number of hydrogen-bond acceptors (Lipinski definition) is 2. The molecule has 0 saturated heterocycles. The Morgan fingerprint density at radius 1 is 1.27 bits per heavy atom. The van der Waals surface area contributed by atoms with Gasteiger partial charge in [-0.2, -0.15) is 0 Å². The van der Waals surface area contributed by atoms with Gasteiger partial charge in [0.1, 0.15) is 6.04 Å². The zero-order chi connectivity index (χ0) is 11.4. The Hall–Kier alpha value is -1.35. The maximum absolute atomic E-state index is 11.7. The van der Waals surface area contributed by atoms with Crippen LogP contribution in [0.2, 0.25) is 0 Å². The lowest BCUT2D eigenvalue weighted by molar-refractivity contribution is -0.125. The molecule has 1 atom stereocenters. The van der Waals surface area contributed by atoms with E-state index in [4.69, 9.17) is 0 Å². The van der Waals surface area contributed by atoms with Crippen molar-refractivity contribution in [1.29, 1.82) is 0 Å². The molecule has 0 fully saturated rings. The number of nitrogens with one attached hydrogen (secondary N) is 1. The fourth-order valence-corrected chi connectivity index (χ4v) is 1.57. The molecule has 0 aliphatic heterocycles. The van der Waals surface area contributed by atoms with Crippen molar-refractivity contribution in [2.45, 2.75) is 13.0 Å². The Bertz CT molecular complexity index is 330. The second-order valence-electron chi connectivity index (χ2n) is 3.89. The van der Waals surface area contributed by atoms with Crippen molar-refractivity contribution < 1.29 is 4.79 Å². The van der Waals surface area contributed by atoms with Crippen LogP contribution in [0.3, 0.4) is 0 Å². The summed E-state index contributed by atoms with van der Waals surface area (Å²) in [5.41, 5.74) is 2.22. The summed E-state index contributed by atoms with van der Waals surface area (Å²) >= 11 is 0. The van der Waals surface area contributed by atoms with Gasteiger partial charge in [-0.3, -0.25) is 9.69 Å². The van der Waals surface area contributed by atoms with Crippen molar-refractivity contribution in [3.8, 4) is 0 Å². The van der Waals surface area contributed by atoms with Crippen LogP contribution in [-0.2, 0) is 4.79 Å². The molecule has 1 unspecified atom stereocenters. The number of hydrogen-bond donors (Lipinski definition) is 1. The molecule has 0 bridgehead atoms. The lowest BCUT2D eigenvalue weighted by atomic mass is 10.0. The highest BCUT2D eigenvalue weighted by atomic mass is 16.2. The lowest BCUT2D eigenvalue weighted by Crippen LogP contribution is -2.35. The maximum Gasteiger partial charge on any atom is 0.241 e. The minimum atomic E-state index is -0.212. The highest BCUT2D eigenvalue weighted by molar-refractivity contribution is 5.82. The smallest absolute Gasteiger partial charge is 0.241 e. The molecular formula is C12H18N2O. The zero-order valence-electron chi connectivity index (χ0n) is 9.74. The standard InChI is InChI=1S/C12H18N2O/c1-9-5-7-10(8-6-9)11(14(3)4)12(15)13-2/h5-8,11H,1-4H3,(H,13,15). The van der Waals surface area contributed by atoms with E-state index in [2.05, 4.69) is 5.32 Å². The van der Waals surface area contributed by atoms with Crippen LogP contribution in [-0.4, -0.2) is 32.0 Å². The summed E-state index contributed by atoms with van der Waals surface area (Å²) in [7, 11) is 5.46.